The second-order valence-electron chi connectivity index (χ2n) is 4.22. The molecule has 0 aliphatic heterocycles. The Kier molecular flexibility index (Phi) is 2.65. The van der Waals surface area contributed by atoms with Crippen molar-refractivity contribution in [1.82, 2.24) is 9.97 Å². The van der Waals surface area contributed by atoms with Gasteiger partial charge in [-0.2, -0.15) is 0 Å². The summed E-state index contributed by atoms with van der Waals surface area (Å²) >= 11 is 0. The zero-order valence-electron chi connectivity index (χ0n) is 9.76. The van der Waals surface area contributed by atoms with Gasteiger partial charge in [-0.1, -0.05) is 36.4 Å². The van der Waals surface area contributed by atoms with Crippen molar-refractivity contribution in [2.45, 2.75) is 6.42 Å². The molecule has 0 amide bonds. The van der Waals surface area contributed by atoms with Crippen molar-refractivity contribution in [3.05, 3.63) is 66.0 Å². The first kappa shape index (κ1) is 10.7. The molecule has 1 N–H and O–H groups in total. The number of nitrogens with zero attached hydrogens (tertiary/aromatic N) is 1. The summed E-state index contributed by atoms with van der Waals surface area (Å²) in [5, 5.41) is 0. The molecule has 0 saturated heterocycles. The molecule has 3 aromatic rings. The van der Waals surface area contributed by atoms with Gasteiger partial charge in [0.25, 0.3) is 0 Å². The third-order valence-electron chi connectivity index (χ3n) is 2.95. The summed E-state index contributed by atoms with van der Waals surface area (Å²) in [5.74, 6) is 0.134. The highest BCUT2D eigenvalue weighted by atomic mass is 16.1. The van der Waals surface area contributed by atoms with E-state index in [0.29, 0.717) is 6.42 Å². The van der Waals surface area contributed by atoms with E-state index >= 15 is 0 Å². The Morgan fingerprint density at radius 2 is 1.94 bits per heavy atom. The molecule has 0 fully saturated rings. The molecule has 0 aliphatic carbocycles. The molecule has 0 radical (unpaired) electrons. The molecule has 0 saturated carbocycles. The fourth-order valence-corrected chi connectivity index (χ4v) is 2.00. The summed E-state index contributed by atoms with van der Waals surface area (Å²) in [5.41, 5.74) is 3.64. The van der Waals surface area contributed by atoms with Crippen LogP contribution in [0.3, 0.4) is 0 Å². The highest BCUT2D eigenvalue weighted by molar-refractivity contribution is 5.97. The van der Waals surface area contributed by atoms with E-state index in [4.69, 9.17) is 0 Å². The number of hydrogen-bond acceptors (Lipinski definition) is 2. The zero-order chi connectivity index (χ0) is 12.4. The Balaban J connectivity index is 1.86. The van der Waals surface area contributed by atoms with Crippen LogP contribution >= 0.6 is 0 Å². The fourth-order valence-electron chi connectivity index (χ4n) is 2.00. The monoisotopic (exact) mass is 236 g/mol. The normalized spacial score (nSPS) is 10.7. The molecular formula is C15H12N2O. The largest absolute Gasteiger partial charge is 0.345 e. The number of ketones is 1. The molecule has 2 aromatic carbocycles. The van der Waals surface area contributed by atoms with Crippen LogP contribution < -0.4 is 0 Å². The maximum Gasteiger partial charge on any atom is 0.167 e. The number of carbonyl (C=O) groups excluding carboxylic acids is 1. The summed E-state index contributed by atoms with van der Waals surface area (Å²) < 4.78 is 0. The minimum atomic E-state index is 0.134. The van der Waals surface area contributed by atoms with Crippen LogP contribution in [0.2, 0.25) is 0 Å². The molecule has 0 spiro atoms. The Hall–Kier alpha value is -2.42. The maximum atomic E-state index is 12.1. The van der Waals surface area contributed by atoms with Gasteiger partial charge in [0.05, 0.1) is 17.4 Å². The Morgan fingerprint density at radius 1 is 1.11 bits per heavy atom. The van der Waals surface area contributed by atoms with Crippen molar-refractivity contribution in [3.8, 4) is 0 Å². The van der Waals surface area contributed by atoms with E-state index in [0.717, 1.165) is 22.2 Å². The summed E-state index contributed by atoms with van der Waals surface area (Å²) in [7, 11) is 0. The Labute approximate surface area is 104 Å². The van der Waals surface area contributed by atoms with Gasteiger partial charge in [0.2, 0.25) is 0 Å². The highest BCUT2D eigenvalue weighted by Crippen LogP contribution is 2.14. The van der Waals surface area contributed by atoms with Crippen LogP contribution in [0.5, 0.6) is 0 Å². The third kappa shape index (κ3) is 2.02. The molecule has 1 aromatic heterocycles. The van der Waals surface area contributed by atoms with Crippen molar-refractivity contribution in [2.24, 2.45) is 0 Å². The van der Waals surface area contributed by atoms with Gasteiger partial charge in [0.1, 0.15) is 0 Å². The molecule has 3 rings (SSSR count). The van der Waals surface area contributed by atoms with Gasteiger partial charge in [0.15, 0.2) is 5.78 Å². The second-order valence-corrected chi connectivity index (χ2v) is 4.22. The zero-order valence-corrected chi connectivity index (χ0v) is 9.76. The molecular weight excluding hydrogens is 224 g/mol. The van der Waals surface area contributed by atoms with Crippen LogP contribution in [0.1, 0.15) is 15.9 Å². The second kappa shape index (κ2) is 4.45. The van der Waals surface area contributed by atoms with E-state index in [2.05, 4.69) is 9.97 Å². The number of nitrogens with one attached hydrogen (secondary N) is 1. The van der Waals surface area contributed by atoms with Gasteiger partial charge in [0, 0.05) is 12.0 Å². The number of rotatable bonds is 3. The smallest absolute Gasteiger partial charge is 0.167 e. The van der Waals surface area contributed by atoms with Gasteiger partial charge in [-0.3, -0.25) is 4.79 Å². The standard InChI is InChI=1S/C15H12N2O/c18-15(12-4-2-1-3-5-12)9-11-6-7-13-14(8-11)17-10-16-13/h1-8,10H,9H2,(H,16,17). The SMILES string of the molecule is O=C(Cc1ccc2nc[nH]c2c1)c1ccccc1. The summed E-state index contributed by atoms with van der Waals surface area (Å²) in [4.78, 5) is 19.3. The summed E-state index contributed by atoms with van der Waals surface area (Å²) in [6, 6.07) is 15.2. The van der Waals surface area contributed by atoms with Crippen molar-refractivity contribution < 1.29 is 4.79 Å². The number of H-pyrrole nitrogens is 1. The molecule has 3 nitrogen and oxygen atoms in total. The Morgan fingerprint density at radius 3 is 2.78 bits per heavy atom. The number of hydrogen-bond donors (Lipinski definition) is 1. The number of carbonyl (C=O) groups is 1. The van der Waals surface area contributed by atoms with Gasteiger partial charge >= 0.3 is 0 Å². The number of Topliss-reactive ketones (excluding diaryl/α,β-unsaturated/α-hetero) is 1. The number of aromatic amines is 1. The molecule has 88 valence electrons. The predicted octanol–water partition coefficient (Wildman–Crippen LogP) is 2.99. The number of benzene rings is 2. The van der Waals surface area contributed by atoms with Crippen LogP contribution in [-0.2, 0) is 6.42 Å². The van der Waals surface area contributed by atoms with E-state index in [1.54, 1.807) is 6.33 Å². The van der Waals surface area contributed by atoms with Gasteiger partial charge in [-0.05, 0) is 17.7 Å². The first-order valence-corrected chi connectivity index (χ1v) is 5.83. The van der Waals surface area contributed by atoms with Crippen LogP contribution in [0.15, 0.2) is 54.9 Å². The Bertz CT molecular complexity index is 686. The molecule has 0 atom stereocenters. The molecule has 18 heavy (non-hydrogen) atoms. The van der Waals surface area contributed by atoms with E-state index in [1.165, 1.54) is 0 Å². The third-order valence-corrected chi connectivity index (χ3v) is 2.95. The number of imidazole rings is 1. The first-order valence-electron chi connectivity index (χ1n) is 5.83. The molecule has 0 unspecified atom stereocenters. The quantitative estimate of drug-likeness (QED) is 0.710. The van der Waals surface area contributed by atoms with E-state index in [1.807, 2.05) is 48.5 Å². The lowest BCUT2D eigenvalue weighted by Gasteiger charge is -2.01. The lowest BCUT2D eigenvalue weighted by molar-refractivity contribution is 0.0993. The molecule has 1 heterocycles. The highest BCUT2D eigenvalue weighted by Gasteiger charge is 2.07. The minimum Gasteiger partial charge on any atom is -0.345 e. The summed E-state index contributed by atoms with van der Waals surface area (Å²) in [6.45, 7) is 0. The lowest BCUT2D eigenvalue weighted by Crippen LogP contribution is -2.02. The van der Waals surface area contributed by atoms with Crippen molar-refractivity contribution in [1.29, 1.82) is 0 Å². The van der Waals surface area contributed by atoms with Crippen LogP contribution in [0.4, 0.5) is 0 Å². The number of fused-ring (bicyclic) bond motifs is 1. The average Bonchev–Trinajstić information content (AvgIpc) is 2.87. The van der Waals surface area contributed by atoms with E-state index in [9.17, 15) is 4.79 Å². The predicted molar refractivity (Wildman–Crippen MR) is 70.6 cm³/mol. The van der Waals surface area contributed by atoms with Crippen LogP contribution in [0, 0.1) is 0 Å². The van der Waals surface area contributed by atoms with Gasteiger partial charge in [-0.15, -0.1) is 0 Å². The minimum absolute atomic E-state index is 0.134. The maximum absolute atomic E-state index is 12.1. The van der Waals surface area contributed by atoms with Crippen LogP contribution in [0.25, 0.3) is 11.0 Å². The molecule has 0 bridgehead atoms. The van der Waals surface area contributed by atoms with Crippen LogP contribution in [-0.4, -0.2) is 15.8 Å². The van der Waals surface area contributed by atoms with Gasteiger partial charge in [-0.25, -0.2) is 4.98 Å². The summed E-state index contributed by atoms with van der Waals surface area (Å²) in [6.07, 6.45) is 2.08. The van der Waals surface area contributed by atoms with Crippen molar-refractivity contribution >= 4 is 16.8 Å². The van der Waals surface area contributed by atoms with Gasteiger partial charge < -0.3 is 4.98 Å². The number of aromatic nitrogens is 2. The van der Waals surface area contributed by atoms with E-state index in [-0.39, 0.29) is 5.78 Å². The topological polar surface area (TPSA) is 45.8 Å². The van der Waals surface area contributed by atoms with Crippen molar-refractivity contribution in [2.75, 3.05) is 0 Å². The lowest BCUT2D eigenvalue weighted by atomic mass is 10.0. The first-order chi connectivity index (χ1) is 8.83. The molecule has 0 aliphatic rings. The van der Waals surface area contributed by atoms with Crippen molar-refractivity contribution in [3.63, 3.8) is 0 Å². The fraction of sp³-hybridized carbons (Fsp3) is 0.0667. The average molecular weight is 236 g/mol. The molecule has 3 heteroatoms. The van der Waals surface area contributed by atoms with E-state index < -0.39 is 0 Å².